The van der Waals surface area contributed by atoms with E-state index in [9.17, 15) is 4.79 Å². The Morgan fingerprint density at radius 3 is 2.55 bits per heavy atom. The molecule has 0 aliphatic rings. The fourth-order valence-electron chi connectivity index (χ4n) is 2.02. The van der Waals surface area contributed by atoms with Crippen molar-refractivity contribution in [3.8, 4) is 0 Å². The normalized spacial score (nSPS) is 13.8. The standard InChI is InChI=1S/C16H25NO3/c1-6-20-15(18)16(4,17-9-10-19-5)14-8-7-12(2)13(3)11-14/h7-8,11,17H,6,9-10H2,1-5H3. The number of esters is 1. The summed E-state index contributed by atoms with van der Waals surface area (Å²) in [5.41, 5.74) is 2.42. The molecule has 1 unspecified atom stereocenters. The van der Waals surface area contributed by atoms with Crippen molar-refractivity contribution in [2.75, 3.05) is 26.9 Å². The van der Waals surface area contributed by atoms with Gasteiger partial charge in [-0.25, -0.2) is 4.79 Å². The summed E-state index contributed by atoms with van der Waals surface area (Å²) in [5, 5.41) is 3.25. The highest BCUT2D eigenvalue weighted by Gasteiger charge is 2.36. The van der Waals surface area contributed by atoms with Crippen LogP contribution in [-0.2, 0) is 19.8 Å². The number of nitrogens with one attached hydrogen (secondary N) is 1. The van der Waals surface area contributed by atoms with E-state index in [0.717, 1.165) is 11.1 Å². The predicted molar refractivity (Wildman–Crippen MR) is 79.8 cm³/mol. The van der Waals surface area contributed by atoms with Crippen LogP contribution in [0.2, 0.25) is 0 Å². The summed E-state index contributed by atoms with van der Waals surface area (Å²) in [4.78, 5) is 12.3. The van der Waals surface area contributed by atoms with E-state index >= 15 is 0 Å². The summed E-state index contributed by atoms with van der Waals surface area (Å²) in [6.45, 7) is 9.25. The van der Waals surface area contributed by atoms with Crippen LogP contribution in [0.15, 0.2) is 18.2 Å². The van der Waals surface area contributed by atoms with E-state index in [-0.39, 0.29) is 5.97 Å². The predicted octanol–water partition coefficient (Wildman–Crippen LogP) is 2.32. The Balaban J connectivity index is 3.07. The maximum atomic E-state index is 12.3. The maximum absolute atomic E-state index is 12.3. The molecule has 0 saturated heterocycles. The van der Waals surface area contributed by atoms with Crippen LogP contribution in [0.1, 0.15) is 30.5 Å². The van der Waals surface area contributed by atoms with Crippen molar-refractivity contribution in [2.24, 2.45) is 0 Å². The van der Waals surface area contributed by atoms with Crippen LogP contribution in [0.3, 0.4) is 0 Å². The summed E-state index contributed by atoms with van der Waals surface area (Å²) >= 11 is 0. The number of carbonyl (C=O) groups is 1. The fraction of sp³-hybridized carbons (Fsp3) is 0.562. The topological polar surface area (TPSA) is 47.6 Å². The summed E-state index contributed by atoms with van der Waals surface area (Å²) in [6, 6.07) is 6.03. The Labute approximate surface area is 121 Å². The first-order chi connectivity index (χ1) is 9.45. The van der Waals surface area contributed by atoms with Gasteiger partial charge in [0, 0.05) is 13.7 Å². The molecule has 4 nitrogen and oxygen atoms in total. The molecule has 112 valence electrons. The minimum Gasteiger partial charge on any atom is -0.464 e. The first-order valence-corrected chi connectivity index (χ1v) is 6.94. The van der Waals surface area contributed by atoms with Gasteiger partial charge in [-0.1, -0.05) is 18.2 Å². The molecule has 4 heteroatoms. The number of ether oxygens (including phenoxy) is 2. The van der Waals surface area contributed by atoms with Crippen molar-refractivity contribution in [1.29, 1.82) is 0 Å². The van der Waals surface area contributed by atoms with E-state index in [1.54, 1.807) is 7.11 Å². The molecule has 0 bridgehead atoms. The van der Waals surface area contributed by atoms with E-state index in [1.165, 1.54) is 5.56 Å². The largest absolute Gasteiger partial charge is 0.464 e. The van der Waals surface area contributed by atoms with E-state index in [2.05, 4.69) is 12.2 Å². The third-order valence-electron chi connectivity index (χ3n) is 3.55. The van der Waals surface area contributed by atoms with Gasteiger partial charge in [-0.05, 0) is 44.4 Å². The lowest BCUT2D eigenvalue weighted by Gasteiger charge is -2.29. The van der Waals surface area contributed by atoms with Gasteiger partial charge in [-0.2, -0.15) is 0 Å². The average Bonchev–Trinajstić information content (AvgIpc) is 2.42. The van der Waals surface area contributed by atoms with E-state index in [0.29, 0.717) is 19.8 Å². The van der Waals surface area contributed by atoms with E-state index in [4.69, 9.17) is 9.47 Å². The van der Waals surface area contributed by atoms with Gasteiger partial charge < -0.3 is 9.47 Å². The van der Waals surface area contributed by atoms with Crippen molar-refractivity contribution in [2.45, 2.75) is 33.2 Å². The zero-order valence-electron chi connectivity index (χ0n) is 13.1. The molecule has 0 fully saturated rings. The smallest absolute Gasteiger partial charge is 0.330 e. The second kappa shape index (κ2) is 7.41. The molecule has 0 amide bonds. The Kier molecular flexibility index (Phi) is 6.17. The third-order valence-corrected chi connectivity index (χ3v) is 3.55. The lowest BCUT2D eigenvalue weighted by Crippen LogP contribution is -2.49. The minimum absolute atomic E-state index is 0.264. The van der Waals surface area contributed by atoms with Gasteiger partial charge in [0.1, 0.15) is 5.54 Å². The van der Waals surface area contributed by atoms with Crippen molar-refractivity contribution in [3.63, 3.8) is 0 Å². The molecule has 0 spiro atoms. The Morgan fingerprint density at radius 1 is 1.30 bits per heavy atom. The molecule has 0 heterocycles. The van der Waals surface area contributed by atoms with Gasteiger partial charge in [0.2, 0.25) is 0 Å². The van der Waals surface area contributed by atoms with E-state index in [1.807, 2.05) is 39.0 Å². The van der Waals surface area contributed by atoms with Crippen molar-refractivity contribution < 1.29 is 14.3 Å². The maximum Gasteiger partial charge on any atom is 0.330 e. The number of benzene rings is 1. The molecule has 0 aromatic heterocycles. The average molecular weight is 279 g/mol. The Bertz CT molecular complexity index is 459. The number of carbonyl (C=O) groups excluding carboxylic acids is 1. The summed E-state index contributed by atoms with van der Waals surface area (Å²) < 4.78 is 10.3. The summed E-state index contributed by atoms with van der Waals surface area (Å²) in [7, 11) is 1.64. The Hall–Kier alpha value is -1.39. The minimum atomic E-state index is -0.854. The van der Waals surface area contributed by atoms with Crippen LogP contribution in [-0.4, -0.2) is 32.8 Å². The second-order valence-corrected chi connectivity index (χ2v) is 5.06. The van der Waals surface area contributed by atoms with Gasteiger partial charge in [-0.15, -0.1) is 0 Å². The molecule has 1 atom stereocenters. The van der Waals surface area contributed by atoms with Gasteiger partial charge in [0.05, 0.1) is 13.2 Å². The lowest BCUT2D eigenvalue weighted by molar-refractivity contribution is -0.151. The number of hydrogen-bond donors (Lipinski definition) is 1. The molecule has 0 radical (unpaired) electrons. The molecule has 1 aromatic rings. The molecule has 1 rings (SSSR count). The zero-order chi connectivity index (χ0) is 15.2. The fourth-order valence-corrected chi connectivity index (χ4v) is 2.02. The highest BCUT2D eigenvalue weighted by Crippen LogP contribution is 2.24. The van der Waals surface area contributed by atoms with Crippen LogP contribution < -0.4 is 5.32 Å². The third kappa shape index (κ3) is 3.81. The highest BCUT2D eigenvalue weighted by atomic mass is 16.5. The number of methoxy groups -OCH3 is 1. The van der Waals surface area contributed by atoms with Crippen LogP contribution in [0.25, 0.3) is 0 Å². The quantitative estimate of drug-likeness (QED) is 0.614. The molecule has 1 N–H and O–H groups in total. The van der Waals surface area contributed by atoms with E-state index < -0.39 is 5.54 Å². The van der Waals surface area contributed by atoms with Crippen molar-refractivity contribution in [3.05, 3.63) is 34.9 Å². The second-order valence-electron chi connectivity index (χ2n) is 5.06. The van der Waals surface area contributed by atoms with Gasteiger partial charge >= 0.3 is 5.97 Å². The van der Waals surface area contributed by atoms with Gasteiger partial charge in [0.25, 0.3) is 0 Å². The van der Waals surface area contributed by atoms with Crippen LogP contribution >= 0.6 is 0 Å². The SMILES string of the molecule is CCOC(=O)C(C)(NCCOC)c1ccc(C)c(C)c1. The van der Waals surface area contributed by atoms with Crippen LogP contribution in [0.5, 0.6) is 0 Å². The summed E-state index contributed by atoms with van der Waals surface area (Å²) in [5.74, 6) is -0.264. The molecular weight excluding hydrogens is 254 g/mol. The molecule has 20 heavy (non-hydrogen) atoms. The molecular formula is C16H25NO3. The lowest BCUT2D eigenvalue weighted by atomic mass is 9.89. The van der Waals surface area contributed by atoms with Gasteiger partial charge in [-0.3, -0.25) is 5.32 Å². The van der Waals surface area contributed by atoms with Crippen molar-refractivity contribution >= 4 is 5.97 Å². The highest BCUT2D eigenvalue weighted by molar-refractivity contribution is 5.82. The zero-order valence-corrected chi connectivity index (χ0v) is 13.1. The monoisotopic (exact) mass is 279 g/mol. The number of rotatable bonds is 7. The molecule has 0 saturated carbocycles. The molecule has 0 aliphatic carbocycles. The molecule has 0 aliphatic heterocycles. The van der Waals surface area contributed by atoms with Crippen molar-refractivity contribution in [1.82, 2.24) is 5.32 Å². The number of hydrogen-bond acceptors (Lipinski definition) is 4. The van der Waals surface area contributed by atoms with Crippen LogP contribution in [0.4, 0.5) is 0 Å². The first kappa shape index (κ1) is 16.7. The van der Waals surface area contributed by atoms with Gasteiger partial charge in [0.15, 0.2) is 0 Å². The molecule has 1 aromatic carbocycles. The first-order valence-electron chi connectivity index (χ1n) is 6.94. The summed E-state index contributed by atoms with van der Waals surface area (Å²) in [6.07, 6.45) is 0. The van der Waals surface area contributed by atoms with Crippen LogP contribution in [0, 0.1) is 13.8 Å². The Morgan fingerprint density at radius 2 is 2.00 bits per heavy atom. The number of aryl methyl sites for hydroxylation is 2.